The molecule has 0 spiro atoms. The second-order valence-corrected chi connectivity index (χ2v) is 5.54. The number of hydrogen-bond donors (Lipinski definition) is 1. The topological polar surface area (TPSA) is 59.8 Å². The van der Waals surface area contributed by atoms with Gasteiger partial charge in [0.05, 0.1) is 27.4 Å². The van der Waals surface area contributed by atoms with Gasteiger partial charge in [-0.25, -0.2) is 9.78 Å². The Labute approximate surface area is 130 Å². The molecule has 0 saturated heterocycles. The number of aromatic nitrogens is 3. The molecule has 0 fully saturated rings. The van der Waals surface area contributed by atoms with E-state index in [9.17, 15) is 4.79 Å². The van der Waals surface area contributed by atoms with E-state index in [4.69, 9.17) is 11.6 Å². The molecule has 0 amide bonds. The highest BCUT2D eigenvalue weighted by atomic mass is 79.9. The first kappa shape index (κ1) is 15.0. The fourth-order valence-corrected chi connectivity index (χ4v) is 2.31. The molecule has 2 aromatic rings. The van der Waals surface area contributed by atoms with E-state index in [1.165, 1.54) is 0 Å². The third-order valence-corrected chi connectivity index (χ3v) is 4.51. The van der Waals surface area contributed by atoms with Crippen LogP contribution >= 0.6 is 27.5 Å². The third kappa shape index (κ3) is 2.86. The lowest BCUT2D eigenvalue weighted by atomic mass is 10.3. The SMILES string of the molecule is CNc1ccc(Cl)c(Cn2c(C)c(Br)c(C)nc2=O)n1. The van der Waals surface area contributed by atoms with E-state index in [1.54, 1.807) is 30.7 Å². The number of rotatable bonds is 3. The van der Waals surface area contributed by atoms with E-state index in [1.807, 2.05) is 6.92 Å². The Kier molecular flexibility index (Phi) is 4.45. The number of nitrogens with zero attached hydrogens (tertiary/aromatic N) is 3. The average molecular weight is 358 g/mol. The lowest BCUT2D eigenvalue weighted by Crippen LogP contribution is -2.27. The van der Waals surface area contributed by atoms with Gasteiger partial charge in [0.15, 0.2) is 0 Å². The van der Waals surface area contributed by atoms with E-state index >= 15 is 0 Å². The fraction of sp³-hybridized carbons (Fsp3) is 0.308. The molecule has 0 saturated carbocycles. The van der Waals surface area contributed by atoms with E-state index < -0.39 is 0 Å². The Balaban J connectivity index is 2.50. The molecule has 0 aliphatic rings. The average Bonchev–Trinajstić information content (AvgIpc) is 2.43. The molecule has 2 heterocycles. The van der Waals surface area contributed by atoms with Crippen molar-refractivity contribution in [3.8, 4) is 0 Å². The van der Waals surface area contributed by atoms with Gasteiger partial charge in [-0.15, -0.1) is 0 Å². The minimum atomic E-state index is -0.309. The van der Waals surface area contributed by atoms with Gasteiger partial charge >= 0.3 is 5.69 Å². The molecule has 0 aliphatic carbocycles. The summed E-state index contributed by atoms with van der Waals surface area (Å²) in [5.41, 5.74) is 1.79. The minimum Gasteiger partial charge on any atom is -0.373 e. The van der Waals surface area contributed by atoms with E-state index in [0.717, 1.165) is 10.2 Å². The van der Waals surface area contributed by atoms with Crippen molar-refractivity contribution in [1.82, 2.24) is 14.5 Å². The van der Waals surface area contributed by atoms with Gasteiger partial charge in [0, 0.05) is 12.7 Å². The summed E-state index contributed by atoms with van der Waals surface area (Å²) in [7, 11) is 1.78. The van der Waals surface area contributed by atoms with Crippen molar-refractivity contribution in [1.29, 1.82) is 0 Å². The summed E-state index contributed by atoms with van der Waals surface area (Å²) >= 11 is 9.58. The molecule has 20 heavy (non-hydrogen) atoms. The smallest absolute Gasteiger partial charge is 0.348 e. The number of anilines is 1. The normalized spacial score (nSPS) is 10.7. The van der Waals surface area contributed by atoms with Crippen molar-refractivity contribution >= 4 is 33.3 Å². The third-order valence-electron chi connectivity index (χ3n) is 3.02. The van der Waals surface area contributed by atoms with Crippen LogP contribution in [0.4, 0.5) is 5.82 Å². The molecule has 0 atom stereocenters. The first-order chi connectivity index (χ1) is 9.43. The molecule has 0 aliphatic heterocycles. The lowest BCUT2D eigenvalue weighted by Gasteiger charge is -2.13. The molecule has 0 radical (unpaired) electrons. The molecule has 106 valence electrons. The van der Waals surface area contributed by atoms with Crippen molar-refractivity contribution in [3.63, 3.8) is 0 Å². The fourth-order valence-electron chi connectivity index (χ4n) is 1.85. The molecule has 5 nitrogen and oxygen atoms in total. The summed E-state index contributed by atoms with van der Waals surface area (Å²) in [5, 5.41) is 3.47. The summed E-state index contributed by atoms with van der Waals surface area (Å²) in [6, 6.07) is 3.54. The Hall–Kier alpha value is -1.40. The summed E-state index contributed by atoms with van der Waals surface area (Å²) in [6.07, 6.45) is 0. The zero-order valence-corrected chi connectivity index (χ0v) is 13.7. The van der Waals surface area contributed by atoms with Crippen LogP contribution in [0.2, 0.25) is 5.02 Å². The molecular formula is C13H14BrClN4O. The van der Waals surface area contributed by atoms with Crippen LogP contribution in [0.25, 0.3) is 0 Å². The monoisotopic (exact) mass is 356 g/mol. The van der Waals surface area contributed by atoms with Crippen molar-refractivity contribution in [2.24, 2.45) is 0 Å². The van der Waals surface area contributed by atoms with Crippen LogP contribution in [-0.2, 0) is 6.54 Å². The van der Waals surface area contributed by atoms with Gasteiger partial charge < -0.3 is 5.32 Å². The summed E-state index contributed by atoms with van der Waals surface area (Å²) in [5.74, 6) is 0.703. The molecule has 7 heteroatoms. The summed E-state index contributed by atoms with van der Waals surface area (Å²) in [6.45, 7) is 3.93. The van der Waals surface area contributed by atoms with Crippen LogP contribution in [0.1, 0.15) is 17.1 Å². The lowest BCUT2D eigenvalue weighted by molar-refractivity contribution is 0.676. The first-order valence-corrected chi connectivity index (χ1v) is 7.18. The second-order valence-electron chi connectivity index (χ2n) is 4.34. The van der Waals surface area contributed by atoms with Crippen LogP contribution in [-0.4, -0.2) is 21.6 Å². The number of pyridine rings is 1. The number of aryl methyl sites for hydroxylation is 1. The van der Waals surface area contributed by atoms with Crippen LogP contribution in [0.15, 0.2) is 21.4 Å². The molecule has 0 aromatic carbocycles. The predicted molar refractivity (Wildman–Crippen MR) is 83.6 cm³/mol. The Morgan fingerprint density at radius 1 is 1.35 bits per heavy atom. The Morgan fingerprint density at radius 2 is 2.05 bits per heavy atom. The maximum Gasteiger partial charge on any atom is 0.348 e. The van der Waals surface area contributed by atoms with Crippen LogP contribution in [0, 0.1) is 13.8 Å². The van der Waals surface area contributed by atoms with Crippen molar-refractivity contribution in [2.45, 2.75) is 20.4 Å². The maximum absolute atomic E-state index is 12.0. The van der Waals surface area contributed by atoms with Crippen molar-refractivity contribution in [3.05, 3.63) is 49.2 Å². The number of halogens is 2. The van der Waals surface area contributed by atoms with Gasteiger partial charge in [-0.1, -0.05) is 11.6 Å². The standard InChI is InChI=1S/C13H14BrClN4O/c1-7-12(14)8(2)19(13(20)17-7)6-10-9(15)4-5-11(16-3)18-10/h4-5H,6H2,1-3H3,(H,16,18). The predicted octanol–water partition coefficient (Wildman–Crippen LogP) is 2.76. The number of hydrogen-bond acceptors (Lipinski definition) is 4. The molecule has 2 aromatic heterocycles. The minimum absolute atomic E-state index is 0.283. The van der Waals surface area contributed by atoms with E-state index in [2.05, 4.69) is 31.2 Å². The van der Waals surface area contributed by atoms with Gasteiger partial charge in [-0.05, 0) is 41.9 Å². The zero-order chi connectivity index (χ0) is 14.9. The quantitative estimate of drug-likeness (QED) is 0.917. The largest absolute Gasteiger partial charge is 0.373 e. The van der Waals surface area contributed by atoms with Gasteiger partial charge in [0.2, 0.25) is 0 Å². The number of nitrogens with one attached hydrogen (secondary N) is 1. The maximum atomic E-state index is 12.0. The molecule has 1 N–H and O–H groups in total. The van der Waals surface area contributed by atoms with Gasteiger partial charge in [-0.2, -0.15) is 4.98 Å². The highest BCUT2D eigenvalue weighted by molar-refractivity contribution is 9.10. The van der Waals surface area contributed by atoms with Crippen LogP contribution in [0.3, 0.4) is 0 Å². The molecule has 0 unspecified atom stereocenters. The summed E-state index contributed by atoms with van der Waals surface area (Å²) < 4.78 is 2.36. The van der Waals surface area contributed by atoms with Crippen LogP contribution < -0.4 is 11.0 Å². The van der Waals surface area contributed by atoms with Gasteiger partial charge in [0.25, 0.3) is 0 Å². The molecule has 2 rings (SSSR count). The highest BCUT2D eigenvalue weighted by Gasteiger charge is 2.12. The first-order valence-electron chi connectivity index (χ1n) is 6.00. The van der Waals surface area contributed by atoms with Gasteiger partial charge in [-0.3, -0.25) is 4.57 Å². The second kappa shape index (κ2) is 5.93. The van der Waals surface area contributed by atoms with E-state index in [0.29, 0.717) is 22.2 Å². The van der Waals surface area contributed by atoms with Crippen molar-refractivity contribution < 1.29 is 0 Å². The van der Waals surface area contributed by atoms with Crippen LogP contribution in [0.5, 0.6) is 0 Å². The molecule has 0 bridgehead atoms. The van der Waals surface area contributed by atoms with Crippen molar-refractivity contribution in [2.75, 3.05) is 12.4 Å². The highest BCUT2D eigenvalue weighted by Crippen LogP contribution is 2.20. The molecular weight excluding hydrogens is 344 g/mol. The Bertz CT molecular complexity index is 714. The van der Waals surface area contributed by atoms with E-state index in [-0.39, 0.29) is 12.2 Å². The summed E-state index contributed by atoms with van der Waals surface area (Å²) in [4.78, 5) is 20.4. The Morgan fingerprint density at radius 3 is 2.70 bits per heavy atom. The zero-order valence-electron chi connectivity index (χ0n) is 11.4. The van der Waals surface area contributed by atoms with Gasteiger partial charge in [0.1, 0.15) is 5.82 Å².